The van der Waals surface area contributed by atoms with Crippen LogP contribution in [0.4, 0.5) is 5.69 Å². The third-order valence-corrected chi connectivity index (χ3v) is 6.90. The topological polar surface area (TPSA) is 41.4 Å². The van der Waals surface area contributed by atoms with Gasteiger partial charge in [0.1, 0.15) is 0 Å². The minimum absolute atomic E-state index is 0.0768. The van der Waals surface area contributed by atoms with Crippen molar-refractivity contribution in [1.29, 1.82) is 0 Å². The monoisotopic (exact) mass is 484 g/mol. The SMILES string of the molecule is O=C(c1ccc(-n2nc(-c3ccccc3)cc2-c2ccccc2)cc1)N1CCN(c2ccccc2)CC1. The van der Waals surface area contributed by atoms with Gasteiger partial charge in [0.05, 0.1) is 17.1 Å². The molecule has 0 atom stereocenters. The molecule has 1 saturated heterocycles. The van der Waals surface area contributed by atoms with Crippen LogP contribution in [0.15, 0.2) is 121 Å². The van der Waals surface area contributed by atoms with E-state index in [4.69, 9.17) is 5.10 Å². The number of hydrogen-bond acceptors (Lipinski definition) is 3. The summed E-state index contributed by atoms with van der Waals surface area (Å²) in [7, 11) is 0. The summed E-state index contributed by atoms with van der Waals surface area (Å²) in [5, 5.41) is 4.94. The highest BCUT2D eigenvalue weighted by atomic mass is 16.2. The number of carbonyl (C=O) groups excluding carboxylic acids is 1. The Hall–Kier alpha value is -4.64. The molecule has 0 unspecified atom stereocenters. The molecule has 1 aliphatic rings. The highest BCUT2D eigenvalue weighted by Crippen LogP contribution is 2.29. The van der Waals surface area contributed by atoms with E-state index < -0.39 is 0 Å². The summed E-state index contributed by atoms with van der Waals surface area (Å²) in [5.41, 5.74) is 6.92. The van der Waals surface area contributed by atoms with Crippen molar-refractivity contribution in [2.45, 2.75) is 0 Å². The largest absolute Gasteiger partial charge is 0.368 e. The maximum atomic E-state index is 13.3. The Balaban J connectivity index is 1.23. The summed E-state index contributed by atoms with van der Waals surface area (Å²) in [6, 6.07) is 40.8. The van der Waals surface area contributed by atoms with Gasteiger partial charge in [0.15, 0.2) is 0 Å². The number of para-hydroxylation sites is 1. The lowest BCUT2D eigenvalue weighted by Crippen LogP contribution is -2.48. The summed E-state index contributed by atoms with van der Waals surface area (Å²) in [5.74, 6) is 0.0768. The molecule has 182 valence electrons. The standard InChI is InChI=1S/C32H28N4O/c37-32(35-22-20-34(21-23-35)28-14-8-3-9-15-28)27-16-18-29(19-17-27)36-31(26-12-6-2-7-13-26)24-30(33-36)25-10-4-1-5-11-25/h1-19,24H,20-23H2. The second-order valence-corrected chi connectivity index (χ2v) is 9.22. The Morgan fingerprint density at radius 2 is 1.16 bits per heavy atom. The first-order valence-corrected chi connectivity index (χ1v) is 12.7. The molecule has 5 nitrogen and oxygen atoms in total. The lowest BCUT2D eigenvalue weighted by molar-refractivity contribution is 0.0747. The van der Waals surface area contributed by atoms with E-state index in [1.807, 2.05) is 76.3 Å². The molecular formula is C32H28N4O. The zero-order chi connectivity index (χ0) is 25.0. The Morgan fingerprint density at radius 3 is 1.78 bits per heavy atom. The molecule has 0 N–H and O–H groups in total. The summed E-state index contributed by atoms with van der Waals surface area (Å²) in [4.78, 5) is 17.5. The summed E-state index contributed by atoms with van der Waals surface area (Å²) < 4.78 is 1.96. The lowest BCUT2D eigenvalue weighted by Gasteiger charge is -2.36. The predicted octanol–water partition coefficient (Wildman–Crippen LogP) is 6.17. The summed E-state index contributed by atoms with van der Waals surface area (Å²) in [6.07, 6.45) is 0. The van der Waals surface area contributed by atoms with Crippen molar-refractivity contribution in [2.24, 2.45) is 0 Å². The first-order valence-electron chi connectivity index (χ1n) is 12.7. The number of carbonyl (C=O) groups is 1. The Labute approximate surface area is 217 Å². The molecule has 0 aliphatic carbocycles. The van der Waals surface area contributed by atoms with Crippen molar-refractivity contribution >= 4 is 11.6 Å². The zero-order valence-corrected chi connectivity index (χ0v) is 20.6. The molecule has 1 amide bonds. The van der Waals surface area contributed by atoms with E-state index in [2.05, 4.69) is 59.5 Å². The van der Waals surface area contributed by atoms with Crippen LogP contribution in [0, 0.1) is 0 Å². The number of aromatic nitrogens is 2. The van der Waals surface area contributed by atoms with Gasteiger partial charge in [-0.15, -0.1) is 0 Å². The fourth-order valence-electron chi connectivity index (χ4n) is 4.88. The zero-order valence-electron chi connectivity index (χ0n) is 20.6. The Kier molecular flexibility index (Phi) is 6.26. The Morgan fingerprint density at radius 1 is 0.595 bits per heavy atom. The van der Waals surface area contributed by atoms with Crippen molar-refractivity contribution in [2.75, 3.05) is 31.1 Å². The predicted molar refractivity (Wildman–Crippen MR) is 149 cm³/mol. The van der Waals surface area contributed by atoms with E-state index in [1.165, 1.54) is 5.69 Å². The van der Waals surface area contributed by atoms with E-state index in [9.17, 15) is 4.79 Å². The molecular weight excluding hydrogens is 456 g/mol. The summed E-state index contributed by atoms with van der Waals surface area (Å²) in [6.45, 7) is 3.11. The van der Waals surface area contributed by atoms with Crippen molar-refractivity contribution in [3.8, 4) is 28.2 Å². The van der Waals surface area contributed by atoms with Crippen molar-refractivity contribution < 1.29 is 4.79 Å². The molecule has 4 aromatic carbocycles. The second-order valence-electron chi connectivity index (χ2n) is 9.22. The van der Waals surface area contributed by atoms with Gasteiger partial charge in [-0.2, -0.15) is 5.10 Å². The molecule has 37 heavy (non-hydrogen) atoms. The first-order chi connectivity index (χ1) is 18.3. The summed E-state index contributed by atoms with van der Waals surface area (Å²) >= 11 is 0. The van der Waals surface area contributed by atoms with E-state index in [1.54, 1.807) is 0 Å². The maximum Gasteiger partial charge on any atom is 0.253 e. The Bertz CT molecular complexity index is 1470. The van der Waals surface area contributed by atoms with Gasteiger partial charge in [-0.05, 0) is 42.5 Å². The van der Waals surface area contributed by atoms with Gasteiger partial charge in [0.2, 0.25) is 0 Å². The highest BCUT2D eigenvalue weighted by Gasteiger charge is 2.22. The normalized spacial score (nSPS) is 13.5. The molecule has 1 aliphatic heterocycles. The van der Waals surface area contributed by atoms with Crippen LogP contribution in [0.5, 0.6) is 0 Å². The van der Waals surface area contributed by atoms with Crippen LogP contribution in [0.1, 0.15) is 10.4 Å². The lowest BCUT2D eigenvalue weighted by atomic mass is 10.1. The molecule has 0 saturated carbocycles. The minimum Gasteiger partial charge on any atom is -0.368 e. The van der Waals surface area contributed by atoms with Gasteiger partial charge in [-0.1, -0.05) is 78.9 Å². The number of anilines is 1. The number of hydrogen-bond donors (Lipinski definition) is 0. The number of amides is 1. The van der Waals surface area contributed by atoms with Gasteiger partial charge in [-0.25, -0.2) is 4.68 Å². The third-order valence-electron chi connectivity index (χ3n) is 6.90. The van der Waals surface area contributed by atoms with Crippen LogP contribution in [0.2, 0.25) is 0 Å². The molecule has 0 radical (unpaired) electrons. The average molecular weight is 485 g/mol. The molecule has 1 fully saturated rings. The van der Waals surface area contributed by atoms with Crippen molar-refractivity contribution in [3.63, 3.8) is 0 Å². The molecule has 1 aromatic heterocycles. The maximum absolute atomic E-state index is 13.3. The highest BCUT2D eigenvalue weighted by molar-refractivity contribution is 5.94. The van der Waals surface area contributed by atoms with Crippen LogP contribution in [-0.4, -0.2) is 46.8 Å². The fraction of sp³-hybridized carbons (Fsp3) is 0.125. The van der Waals surface area contributed by atoms with E-state index in [-0.39, 0.29) is 5.91 Å². The second kappa shape index (κ2) is 10.2. The van der Waals surface area contributed by atoms with Crippen LogP contribution < -0.4 is 4.90 Å². The van der Waals surface area contributed by atoms with Gasteiger partial charge >= 0.3 is 0 Å². The van der Waals surface area contributed by atoms with Crippen LogP contribution in [-0.2, 0) is 0 Å². The van der Waals surface area contributed by atoms with Gasteiger partial charge in [0.25, 0.3) is 5.91 Å². The van der Waals surface area contributed by atoms with Crippen molar-refractivity contribution in [1.82, 2.24) is 14.7 Å². The number of benzene rings is 4. The number of rotatable bonds is 5. The third kappa shape index (κ3) is 4.76. The molecule has 5 heteroatoms. The smallest absolute Gasteiger partial charge is 0.253 e. The van der Waals surface area contributed by atoms with E-state index in [0.29, 0.717) is 18.7 Å². The van der Waals surface area contributed by atoms with Gasteiger partial charge < -0.3 is 9.80 Å². The number of nitrogens with zero attached hydrogens (tertiary/aromatic N) is 4. The van der Waals surface area contributed by atoms with Crippen molar-refractivity contribution in [3.05, 3.63) is 127 Å². The van der Waals surface area contributed by atoms with Gasteiger partial charge in [0, 0.05) is 48.6 Å². The average Bonchev–Trinajstić information content (AvgIpc) is 3.44. The molecule has 0 spiro atoms. The van der Waals surface area contributed by atoms with Crippen LogP contribution in [0.25, 0.3) is 28.2 Å². The molecule has 5 aromatic rings. The van der Waals surface area contributed by atoms with Gasteiger partial charge in [-0.3, -0.25) is 4.79 Å². The van der Waals surface area contributed by atoms with E-state index >= 15 is 0 Å². The minimum atomic E-state index is 0.0768. The first kappa shape index (κ1) is 22.8. The molecule has 6 rings (SSSR count). The number of piperazine rings is 1. The van der Waals surface area contributed by atoms with Crippen LogP contribution >= 0.6 is 0 Å². The quantitative estimate of drug-likeness (QED) is 0.300. The van der Waals surface area contributed by atoms with E-state index in [0.717, 1.165) is 41.3 Å². The molecule has 0 bridgehead atoms. The molecule has 2 heterocycles. The fourth-order valence-corrected chi connectivity index (χ4v) is 4.88. The van der Waals surface area contributed by atoms with Crippen LogP contribution in [0.3, 0.4) is 0 Å².